The van der Waals surface area contributed by atoms with Crippen molar-refractivity contribution >= 4 is 11.7 Å². The third-order valence-electron chi connectivity index (χ3n) is 6.93. The van der Waals surface area contributed by atoms with Gasteiger partial charge in [-0.2, -0.15) is 0 Å². The second kappa shape index (κ2) is 10.6. The second-order valence-corrected chi connectivity index (χ2v) is 10.2. The number of nitrogens with zero attached hydrogens (tertiary/aromatic N) is 2. The van der Waals surface area contributed by atoms with Crippen LogP contribution >= 0.6 is 0 Å². The molecular weight excluding hydrogens is 462 g/mol. The first-order valence-electron chi connectivity index (χ1n) is 12.3. The number of pyridine rings is 1. The molecule has 1 fully saturated rings. The predicted molar refractivity (Wildman–Crippen MR) is 137 cm³/mol. The summed E-state index contributed by atoms with van der Waals surface area (Å²) in [5, 5.41) is 9.57. The van der Waals surface area contributed by atoms with Gasteiger partial charge in [-0.15, -0.1) is 0 Å². The standard InChI is InChI=1S/C29H32F2N2O3/c1-19-24(17-27(34)35)28(33-13-11-29(2,3)12-14-33)25(18-32-19)23-9-8-22(16-26(23)31)36-15-10-20-4-6-21(30)7-5-20/h4-9,16,18H,10-15,17H2,1-3H3,(H,34,35). The molecule has 0 saturated carbocycles. The molecule has 0 atom stereocenters. The molecule has 1 aromatic heterocycles. The SMILES string of the molecule is Cc1ncc(-c2ccc(OCCc3ccc(F)cc3)cc2F)c(N2CCC(C)(C)CC2)c1CC(=O)O. The molecule has 0 bridgehead atoms. The summed E-state index contributed by atoms with van der Waals surface area (Å²) in [6.45, 7) is 8.12. The minimum Gasteiger partial charge on any atom is -0.493 e. The van der Waals surface area contributed by atoms with Gasteiger partial charge in [-0.1, -0.05) is 26.0 Å². The lowest BCUT2D eigenvalue weighted by Gasteiger charge is -2.40. The number of halogens is 2. The largest absolute Gasteiger partial charge is 0.493 e. The summed E-state index contributed by atoms with van der Waals surface area (Å²) in [5.41, 5.74) is 4.11. The van der Waals surface area contributed by atoms with Gasteiger partial charge in [-0.3, -0.25) is 9.78 Å². The van der Waals surface area contributed by atoms with Crippen LogP contribution in [0.15, 0.2) is 48.7 Å². The van der Waals surface area contributed by atoms with E-state index in [0.717, 1.165) is 37.2 Å². The summed E-state index contributed by atoms with van der Waals surface area (Å²) in [6.07, 6.45) is 3.96. The average molecular weight is 495 g/mol. The van der Waals surface area contributed by atoms with Crippen molar-refractivity contribution in [1.29, 1.82) is 0 Å². The lowest BCUT2D eigenvalue weighted by molar-refractivity contribution is -0.136. The van der Waals surface area contributed by atoms with E-state index in [1.165, 1.54) is 18.2 Å². The van der Waals surface area contributed by atoms with E-state index in [2.05, 4.69) is 23.7 Å². The number of aryl methyl sites for hydroxylation is 1. The van der Waals surface area contributed by atoms with Crippen LogP contribution in [0.25, 0.3) is 11.1 Å². The van der Waals surface area contributed by atoms with Gasteiger partial charge in [0, 0.05) is 54.2 Å². The smallest absolute Gasteiger partial charge is 0.307 e. The minimum atomic E-state index is -0.944. The third-order valence-corrected chi connectivity index (χ3v) is 6.93. The van der Waals surface area contributed by atoms with Crippen molar-refractivity contribution in [3.05, 3.63) is 77.1 Å². The summed E-state index contributed by atoms with van der Waals surface area (Å²) < 4.78 is 34.2. The number of carboxylic acid groups (broad SMARTS) is 1. The highest BCUT2D eigenvalue weighted by Crippen LogP contribution is 2.41. The van der Waals surface area contributed by atoms with Gasteiger partial charge >= 0.3 is 5.97 Å². The fraction of sp³-hybridized carbons (Fsp3) is 0.379. The summed E-state index contributed by atoms with van der Waals surface area (Å²) in [6, 6.07) is 10.9. The molecule has 1 aliphatic rings. The van der Waals surface area contributed by atoms with Crippen molar-refractivity contribution in [1.82, 2.24) is 4.98 Å². The van der Waals surface area contributed by atoms with E-state index in [-0.39, 0.29) is 17.7 Å². The minimum absolute atomic E-state index is 0.173. The normalized spacial score (nSPS) is 15.1. The molecule has 0 amide bonds. The van der Waals surface area contributed by atoms with E-state index in [9.17, 15) is 14.3 Å². The Bertz CT molecular complexity index is 1230. The molecule has 0 aliphatic carbocycles. The number of aliphatic carboxylic acids is 1. The maximum Gasteiger partial charge on any atom is 0.307 e. The zero-order valence-corrected chi connectivity index (χ0v) is 21.0. The topological polar surface area (TPSA) is 62.7 Å². The van der Waals surface area contributed by atoms with Crippen molar-refractivity contribution in [2.24, 2.45) is 5.41 Å². The molecule has 7 heteroatoms. The van der Waals surface area contributed by atoms with Crippen LogP contribution in [0.2, 0.25) is 0 Å². The van der Waals surface area contributed by atoms with Gasteiger partial charge in [0.15, 0.2) is 0 Å². The van der Waals surface area contributed by atoms with Crippen LogP contribution in [0, 0.1) is 24.0 Å². The summed E-state index contributed by atoms with van der Waals surface area (Å²) >= 11 is 0. The van der Waals surface area contributed by atoms with Crippen LogP contribution in [0.5, 0.6) is 5.75 Å². The molecule has 2 aromatic carbocycles. The van der Waals surface area contributed by atoms with Crippen LogP contribution in [-0.2, 0) is 17.6 Å². The van der Waals surface area contributed by atoms with Crippen molar-refractivity contribution in [2.45, 2.75) is 46.5 Å². The van der Waals surface area contributed by atoms with Crippen LogP contribution in [0.3, 0.4) is 0 Å². The molecule has 1 N–H and O–H groups in total. The maximum absolute atomic E-state index is 15.4. The molecule has 190 valence electrons. The molecule has 0 radical (unpaired) electrons. The van der Waals surface area contributed by atoms with E-state index < -0.39 is 11.8 Å². The van der Waals surface area contributed by atoms with E-state index >= 15 is 4.39 Å². The van der Waals surface area contributed by atoms with Crippen LogP contribution in [-0.4, -0.2) is 35.8 Å². The lowest BCUT2D eigenvalue weighted by Crippen LogP contribution is -2.38. The Morgan fingerprint density at radius 3 is 2.42 bits per heavy atom. The number of hydrogen-bond donors (Lipinski definition) is 1. The molecule has 5 nitrogen and oxygen atoms in total. The molecule has 2 heterocycles. The summed E-state index contributed by atoms with van der Waals surface area (Å²) in [7, 11) is 0. The fourth-order valence-corrected chi connectivity index (χ4v) is 4.63. The molecule has 1 aliphatic heterocycles. The number of piperidine rings is 1. The third kappa shape index (κ3) is 6.01. The number of aromatic nitrogens is 1. The Labute approximate surface area is 210 Å². The first-order valence-corrected chi connectivity index (χ1v) is 12.3. The average Bonchev–Trinajstić information content (AvgIpc) is 2.82. The van der Waals surface area contributed by atoms with E-state index in [1.54, 1.807) is 37.4 Å². The van der Waals surface area contributed by atoms with Crippen molar-refractivity contribution in [3.63, 3.8) is 0 Å². The van der Waals surface area contributed by atoms with Crippen molar-refractivity contribution < 1.29 is 23.4 Å². The molecule has 4 rings (SSSR count). The van der Waals surface area contributed by atoms with Gasteiger partial charge in [0.2, 0.25) is 0 Å². The second-order valence-electron chi connectivity index (χ2n) is 10.2. The Hall–Kier alpha value is -3.48. The zero-order chi connectivity index (χ0) is 25.9. The Balaban J connectivity index is 1.61. The number of anilines is 1. The van der Waals surface area contributed by atoms with Crippen LogP contribution in [0.4, 0.5) is 14.5 Å². The van der Waals surface area contributed by atoms with Gasteiger partial charge in [0.1, 0.15) is 17.4 Å². The first-order chi connectivity index (χ1) is 17.1. The van der Waals surface area contributed by atoms with E-state index in [1.807, 2.05) is 0 Å². The molecule has 36 heavy (non-hydrogen) atoms. The number of carbonyl (C=O) groups is 1. The van der Waals surface area contributed by atoms with Gasteiger partial charge < -0.3 is 14.7 Å². The van der Waals surface area contributed by atoms with Gasteiger partial charge in [-0.25, -0.2) is 8.78 Å². The Morgan fingerprint density at radius 2 is 1.78 bits per heavy atom. The predicted octanol–water partition coefficient (Wildman–Crippen LogP) is 6.21. The molecule has 1 saturated heterocycles. The summed E-state index contributed by atoms with van der Waals surface area (Å²) in [5.74, 6) is -1.30. The van der Waals surface area contributed by atoms with Crippen LogP contribution in [0.1, 0.15) is 43.5 Å². The zero-order valence-electron chi connectivity index (χ0n) is 21.0. The monoisotopic (exact) mass is 494 g/mol. The van der Waals surface area contributed by atoms with E-state index in [4.69, 9.17) is 4.74 Å². The number of rotatable bonds is 8. The number of benzene rings is 2. The van der Waals surface area contributed by atoms with Gasteiger partial charge in [-0.05, 0) is 55.0 Å². The van der Waals surface area contributed by atoms with Crippen LogP contribution < -0.4 is 9.64 Å². The molecular formula is C29H32F2N2O3. The fourth-order valence-electron chi connectivity index (χ4n) is 4.63. The van der Waals surface area contributed by atoms with Crippen molar-refractivity contribution in [2.75, 3.05) is 24.6 Å². The highest BCUT2D eigenvalue weighted by Gasteiger charge is 2.30. The Morgan fingerprint density at radius 1 is 1.08 bits per heavy atom. The highest BCUT2D eigenvalue weighted by atomic mass is 19.1. The lowest BCUT2D eigenvalue weighted by atomic mass is 9.82. The van der Waals surface area contributed by atoms with Crippen molar-refractivity contribution in [3.8, 4) is 16.9 Å². The van der Waals surface area contributed by atoms with Gasteiger partial charge in [0.05, 0.1) is 18.7 Å². The molecule has 3 aromatic rings. The number of ether oxygens (including phenoxy) is 1. The number of hydrogen-bond acceptors (Lipinski definition) is 4. The summed E-state index contributed by atoms with van der Waals surface area (Å²) in [4.78, 5) is 18.3. The number of carboxylic acids is 1. The first kappa shape index (κ1) is 25.6. The molecule has 0 spiro atoms. The highest BCUT2D eigenvalue weighted by molar-refractivity contribution is 5.85. The Kier molecular flexibility index (Phi) is 7.57. The van der Waals surface area contributed by atoms with E-state index in [0.29, 0.717) is 41.2 Å². The maximum atomic E-state index is 15.4. The molecule has 0 unspecified atom stereocenters. The quantitative estimate of drug-likeness (QED) is 0.403. The van der Waals surface area contributed by atoms with Gasteiger partial charge in [0.25, 0.3) is 0 Å².